The second-order valence-corrected chi connectivity index (χ2v) is 6.21. The molecule has 3 unspecified atom stereocenters. The summed E-state index contributed by atoms with van der Waals surface area (Å²) < 4.78 is 5.69. The van der Waals surface area contributed by atoms with Gasteiger partial charge in [0.1, 0.15) is 5.75 Å². The predicted octanol–water partition coefficient (Wildman–Crippen LogP) is 4.29. The second-order valence-electron chi connectivity index (χ2n) is 6.21. The van der Waals surface area contributed by atoms with Crippen LogP contribution in [0.3, 0.4) is 0 Å². The quantitative estimate of drug-likeness (QED) is 0.788. The molecule has 3 heteroatoms. The molecule has 20 heavy (non-hydrogen) atoms. The van der Waals surface area contributed by atoms with Crippen LogP contribution in [-0.4, -0.2) is 12.6 Å². The summed E-state index contributed by atoms with van der Waals surface area (Å²) in [6.45, 7) is 7.53. The van der Waals surface area contributed by atoms with E-state index in [2.05, 4.69) is 32.2 Å². The molecule has 2 rings (SSSR count). The van der Waals surface area contributed by atoms with Crippen molar-refractivity contribution in [2.75, 3.05) is 17.7 Å². The van der Waals surface area contributed by atoms with E-state index in [1.54, 1.807) is 0 Å². The van der Waals surface area contributed by atoms with Gasteiger partial charge in [0.25, 0.3) is 0 Å². The van der Waals surface area contributed by atoms with E-state index in [-0.39, 0.29) is 0 Å². The highest BCUT2D eigenvalue weighted by Gasteiger charge is 2.24. The Balaban J connectivity index is 1.99. The molecule has 3 atom stereocenters. The summed E-state index contributed by atoms with van der Waals surface area (Å²) in [5.41, 5.74) is 7.79. The summed E-state index contributed by atoms with van der Waals surface area (Å²) >= 11 is 0. The molecule has 1 fully saturated rings. The van der Waals surface area contributed by atoms with Crippen molar-refractivity contribution in [1.29, 1.82) is 0 Å². The lowest BCUT2D eigenvalue weighted by Crippen LogP contribution is -2.30. The number of benzene rings is 1. The normalized spacial score (nSPS) is 26.2. The lowest BCUT2D eigenvalue weighted by Gasteiger charge is -2.33. The average molecular weight is 276 g/mol. The molecule has 0 aliphatic heterocycles. The molecule has 0 amide bonds. The first-order valence-electron chi connectivity index (χ1n) is 7.89. The number of nitrogens with two attached hydrogens (primary N) is 1. The van der Waals surface area contributed by atoms with Gasteiger partial charge in [-0.15, -0.1) is 0 Å². The van der Waals surface area contributed by atoms with Gasteiger partial charge in [0, 0.05) is 17.8 Å². The van der Waals surface area contributed by atoms with E-state index in [9.17, 15) is 0 Å². The number of nitrogens with one attached hydrogen (secondary N) is 1. The van der Waals surface area contributed by atoms with E-state index in [1.807, 2.05) is 12.1 Å². The van der Waals surface area contributed by atoms with Gasteiger partial charge in [-0.05, 0) is 49.7 Å². The van der Waals surface area contributed by atoms with Crippen molar-refractivity contribution in [3.63, 3.8) is 0 Å². The third kappa shape index (κ3) is 3.81. The molecule has 1 saturated carbocycles. The molecular formula is C17H28N2O. The fourth-order valence-corrected chi connectivity index (χ4v) is 2.88. The number of rotatable bonds is 5. The van der Waals surface area contributed by atoms with Gasteiger partial charge in [-0.2, -0.15) is 0 Å². The highest BCUT2D eigenvalue weighted by atomic mass is 16.5. The summed E-state index contributed by atoms with van der Waals surface area (Å²) in [4.78, 5) is 0. The molecule has 1 aliphatic carbocycles. The number of anilines is 2. The van der Waals surface area contributed by atoms with Crippen LogP contribution in [0.15, 0.2) is 18.2 Å². The van der Waals surface area contributed by atoms with Gasteiger partial charge in [0.15, 0.2) is 0 Å². The fraction of sp³-hybridized carbons (Fsp3) is 0.647. The summed E-state index contributed by atoms with van der Waals surface area (Å²) in [6, 6.07) is 6.59. The molecule has 1 aromatic rings. The van der Waals surface area contributed by atoms with Crippen LogP contribution < -0.4 is 15.8 Å². The lowest BCUT2D eigenvalue weighted by molar-refractivity contribution is 0.261. The van der Waals surface area contributed by atoms with Gasteiger partial charge in [-0.25, -0.2) is 0 Å². The number of ether oxygens (including phenoxy) is 1. The van der Waals surface area contributed by atoms with Crippen LogP contribution in [0.1, 0.15) is 46.5 Å². The second kappa shape index (κ2) is 6.87. The van der Waals surface area contributed by atoms with Gasteiger partial charge in [-0.3, -0.25) is 0 Å². The Morgan fingerprint density at radius 2 is 2.05 bits per heavy atom. The largest absolute Gasteiger partial charge is 0.491 e. The van der Waals surface area contributed by atoms with Crippen molar-refractivity contribution < 1.29 is 4.74 Å². The maximum Gasteiger partial charge on any atom is 0.144 e. The van der Waals surface area contributed by atoms with Crippen LogP contribution in [0.2, 0.25) is 0 Å². The van der Waals surface area contributed by atoms with Crippen molar-refractivity contribution in [3.05, 3.63) is 18.2 Å². The van der Waals surface area contributed by atoms with Gasteiger partial charge >= 0.3 is 0 Å². The predicted molar refractivity (Wildman–Crippen MR) is 86.2 cm³/mol. The molecule has 0 heterocycles. The summed E-state index contributed by atoms with van der Waals surface area (Å²) in [6.07, 6.45) is 4.81. The maximum absolute atomic E-state index is 5.95. The molecule has 1 aliphatic rings. The molecule has 0 aromatic heterocycles. The van der Waals surface area contributed by atoms with Crippen LogP contribution in [0.5, 0.6) is 5.75 Å². The van der Waals surface area contributed by atoms with E-state index in [0.717, 1.165) is 35.4 Å². The Kier molecular flexibility index (Phi) is 5.16. The molecule has 112 valence electrons. The van der Waals surface area contributed by atoms with Crippen LogP contribution in [0.25, 0.3) is 0 Å². The Labute approximate surface area is 122 Å². The minimum atomic E-state index is 0.573. The first-order chi connectivity index (χ1) is 9.60. The lowest BCUT2D eigenvalue weighted by atomic mass is 9.79. The highest BCUT2D eigenvalue weighted by molar-refractivity contribution is 5.61. The maximum atomic E-state index is 5.95. The van der Waals surface area contributed by atoms with E-state index in [4.69, 9.17) is 10.5 Å². The minimum Gasteiger partial charge on any atom is -0.491 e. The molecule has 0 radical (unpaired) electrons. The van der Waals surface area contributed by atoms with Crippen molar-refractivity contribution in [2.45, 2.75) is 52.5 Å². The third-order valence-corrected chi connectivity index (χ3v) is 4.44. The van der Waals surface area contributed by atoms with Crippen LogP contribution in [0.4, 0.5) is 11.4 Å². The van der Waals surface area contributed by atoms with Gasteiger partial charge < -0.3 is 15.8 Å². The summed E-state index contributed by atoms with van der Waals surface area (Å²) in [5, 5.41) is 3.64. The van der Waals surface area contributed by atoms with Gasteiger partial charge in [0.05, 0.1) is 12.3 Å². The highest BCUT2D eigenvalue weighted by Crippen LogP contribution is 2.32. The van der Waals surface area contributed by atoms with E-state index >= 15 is 0 Å². The topological polar surface area (TPSA) is 47.3 Å². The average Bonchev–Trinajstić information content (AvgIpc) is 2.43. The monoisotopic (exact) mass is 276 g/mol. The standard InChI is InChI=1S/C17H28N2O/c1-4-9-20-17-11-15(7-8-16(17)18)19-14-6-5-12(2)13(3)10-14/h7-8,11-14,19H,4-6,9-10,18H2,1-3H3. The van der Waals surface area contributed by atoms with E-state index < -0.39 is 0 Å². The van der Waals surface area contributed by atoms with Crippen LogP contribution >= 0.6 is 0 Å². The molecule has 3 nitrogen and oxygen atoms in total. The fourth-order valence-electron chi connectivity index (χ4n) is 2.88. The molecule has 0 spiro atoms. The zero-order valence-electron chi connectivity index (χ0n) is 13.0. The Morgan fingerprint density at radius 3 is 2.75 bits per heavy atom. The van der Waals surface area contributed by atoms with E-state index in [1.165, 1.54) is 19.3 Å². The van der Waals surface area contributed by atoms with Crippen molar-refractivity contribution in [3.8, 4) is 5.75 Å². The van der Waals surface area contributed by atoms with E-state index in [0.29, 0.717) is 12.6 Å². The molecular weight excluding hydrogens is 248 g/mol. The summed E-state index contributed by atoms with van der Waals surface area (Å²) in [5.74, 6) is 2.45. The molecule has 0 bridgehead atoms. The Morgan fingerprint density at radius 1 is 1.25 bits per heavy atom. The van der Waals surface area contributed by atoms with Crippen molar-refractivity contribution >= 4 is 11.4 Å². The molecule has 3 N–H and O–H groups in total. The van der Waals surface area contributed by atoms with Crippen molar-refractivity contribution in [2.24, 2.45) is 11.8 Å². The number of hydrogen-bond donors (Lipinski definition) is 2. The Hall–Kier alpha value is -1.38. The number of nitrogen functional groups attached to an aromatic ring is 1. The third-order valence-electron chi connectivity index (χ3n) is 4.44. The minimum absolute atomic E-state index is 0.573. The molecule has 1 aromatic carbocycles. The first-order valence-corrected chi connectivity index (χ1v) is 7.89. The van der Waals surface area contributed by atoms with Crippen molar-refractivity contribution in [1.82, 2.24) is 0 Å². The van der Waals surface area contributed by atoms with Gasteiger partial charge in [0.2, 0.25) is 0 Å². The smallest absolute Gasteiger partial charge is 0.144 e. The number of hydrogen-bond acceptors (Lipinski definition) is 3. The molecule has 0 saturated heterocycles. The van der Waals surface area contributed by atoms with Gasteiger partial charge in [-0.1, -0.05) is 20.8 Å². The zero-order valence-corrected chi connectivity index (χ0v) is 13.0. The first kappa shape index (κ1) is 15.0. The zero-order chi connectivity index (χ0) is 14.5. The Bertz CT molecular complexity index is 433. The summed E-state index contributed by atoms with van der Waals surface area (Å²) in [7, 11) is 0. The van der Waals surface area contributed by atoms with Crippen LogP contribution in [-0.2, 0) is 0 Å². The SMILES string of the molecule is CCCOc1cc(NC2CCC(C)C(C)C2)ccc1N. The van der Waals surface area contributed by atoms with Crippen LogP contribution in [0, 0.1) is 11.8 Å².